The summed E-state index contributed by atoms with van der Waals surface area (Å²) in [6.07, 6.45) is 0. The summed E-state index contributed by atoms with van der Waals surface area (Å²) in [5.74, 6) is 0.383. The maximum atomic E-state index is 11.2. The van der Waals surface area contributed by atoms with E-state index in [1.807, 2.05) is 0 Å². The first kappa shape index (κ1) is 7.98. The Hall–Kier alpha value is -1.06. The van der Waals surface area contributed by atoms with Crippen LogP contribution in [-0.2, 0) is 10.8 Å². The van der Waals surface area contributed by atoms with Gasteiger partial charge in [0.15, 0.2) is 0 Å². The number of benzene rings is 1. The Labute approximate surface area is 110 Å². The first-order valence-corrected chi connectivity index (χ1v) is 14.3. The third-order valence-corrected chi connectivity index (χ3v) is 58.6. The van der Waals surface area contributed by atoms with Gasteiger partial charge in [0.2, 0.25) is 0 Å². The summed E-state index contributed by atoms with van der Waals surface area (Å²) >= 11 is 0. The molecule has 1 aromatic rings. The number of phenolic OH excluding ortho intramolecular Hbond substituents is 1. The van der Waals surface area contributed by atoms with Crippen LogP contribution < -0.4 is 0 Å². The topological polar surface area (TPSA) is 63.4 Å². The number of non-ortho nitro benzene ring substituents is 1. The molecule has 0 radical (unpaired) electrons. The zero-order valence-electron chi connectivity index (χ0n) is 11.0. The minimum atomic E-state index is -3.32. The van der Waals surface area contributed by atoms with E-state index in [0.29, 0.717) is 10.1 Å². The van der Waals surface area contributed by atoms with Gasteiger partial charge in [0.1, 0.15) is 0 Å². The number of fused-ring (bicyclic) bond motifs is 10. The fraction of sp³-hybridized carbons (Fsp3) is 0.625. The van der Waals surface area contributed by atoms with Crippen LogP contribution in [0.15, 0.2) is 18.2 Å². The van der Waals surface area contributed by atoms with Crippen LogP contribution in [0.4, 0.5) is 5.69 Å². The Bertz CT molecular complexity index is 1240. The molecule has 21 heavy (non-hydrogen) atoms. The zero-order chi connectivity index (χ0) is 13.4. The van der Waals surface area contributed by atoms with Crippen LogP contribution in [0.2, 0.25) is 43.3 Å². The first-order valence-electron chi connectivity index (χ1n) is 8.06. The number of hydrogen-bond acceptors (Lipinski definition) is 3. The molecular weight excluding hydrogens is 310 g/mol. The quantitative estimate of drug-likeness (QED) is 0.506. The summed E-state index contributed by atoms with van der Waals surface area (Å²) in [4.78, 5) is 21.2. The van der Waals surface area contributed by atoms with Gasteiger partial charge >= 0.3 is 110 Å². The molecule has 1 aromatic carbocycles. The monoisotopic (exact) mass is 323 g/mol. The van der Waals surface area contributed by atoms with Gasteiger partial charge in [0.25, 0.3) is 0 Å². The van der Waals surface area contributed by atoms with E-state index in [0.717, 1.165) is 15.2 Å². The molecule has 10 fully saturated rings. The molecule has 1 N–H and O–H groups in total. The third kappa shape index (κ3) is 0.0985. The van der Waals surface area contributed by atoms with Gasteiger partial charge in [-0.25, -0.2) is 0 Å². The van der Waals surface area contributed by atoms with Crippen LogP contribution in [0.1, 0.15) is 5.56 Å². The first-order chi connectivity index (χ1) is 9.87. The van der Waals surface area contributed by atoms with Crippen molar-refractivity contribution in [2.45, 2.75) is 47.7 Å². The molecule has 11 rings (SSSR count). The van der Waals surface area contributed by atoms with E-state index >= 15 is 0 Å². The van der Waals surface area contributed by atoms with Gasteiger partial charge < -0.3 is 0 Å². The van der Waals surface area contributed by atoms with Crippen LogP contribution in [0.25, 0.3) is 0 Å². The number of nitro groups is 1. The van der Waals surface area contributed by atoms with Gasteiger partial charge in [-0.3, -0.25) is 0 Å². The van der Waals surface area contributed by atoms with Gasteiger partial charge in [-0.1, -0.05) is 0 Å². The van der Waals surface area contributed by atoms with Gasteiger partial charge in [0, 0.05) is 0 Å². The Morgan fingerprint density at radius 3 is 2.00 bits per heavy atom. The predicted molar refractivity (Wildman–Crippen MR) is 70.2 cm³/mol. The molecule has 0 bridgehead atoms. The van der Waals surface area contributed by atoms with Crippen molar-refractivity contribution in [2.75, 3.05) is 0 Å². The van der Waals surface area contributed by atoms with Gasteiger partial charge in [0.05, 0.1) is 0 Å². The van der Waals surface area contributed by atoms with Crippen molar-refractivity contribution in [1.29, 1.82) is 0 Å². The molecule has 4 atom stereocenters. The second-order valence-electron chi connectivity index (χ2n) is 11.6. The number of rotatable bonds is 2. The summed E-state index contributed by atoms with van der Waals surface area (Å²) in [5.41, 5.74) is 1.27. The van der Waals surface area contributed by atoms with Crippen molar-refractivity contribution in [3.63, 3.8) is 0 Å². The van der Waals surface area contributed by atoms with Gasteiger partial charge in [-0.2, -0.15) is 0 Å². The molecule has 4 unspecified atom stereocenters. The normalized spacial score (nSPS) is 98.4. The molecule has 10 aliphatic rings. The Morgan fingerprint density at radius 2 is 1.62 bits per heavy atom. The van der Waals surface area contributed by atoms with Crippen LogP contribution >= 0.6 is 0 Å². The average Bonchev–Trinajstić information content (AvgIpc) is 3.40. The summed E-state index contributed by atoms with van der Waals surface area (Å²) in [6, 6.07) is 4.87. The fourth-order valence-electron chi connectivity index (χ4n) is 17.9. The predicted octanol–water partition coefficient (Wildman–Crippen LogP) is 4.10. The van der Waals surface area contributed by atoms with Crippen molar-refractivity contribution in [2.24, 2.45) is 0 Å². The molecule has 0 aliphatic carbocycles. The van der Waals surface area contributed by atoms with Crippen molar-refractivity contribution >= 4 is 5.69 Å². The van der Waals surface area contributed by atoms with Crippen LogP contribution in [-0.4, -0.2) is 10.0 Å². The van der Waals surface area contributed by atoms with Crippen LogP contribution in [0.5, 0.6) is 5.75 Å². The van der Waals surface area contributed by atoms with Gasteiger partial charge in [-0.05, 0) is 0 Å². The van der Waals surface area contributed by atoms with Crippen molar-refractivity contribution < 1.29 is 16.5 Å². The molecule has 10 saturated heterocycles. The fourth-order valence-corrected chi connectivity index (χ4v) is 92.0. The van der Waals surface area contributed by atoms with E-state index in [2.05, 4.69) is 0 Å². The summed E-state index contributed by atoms with van der Waals surface area (Å²) in [6.45, 7) is -3.32. The van der Waals surface area contributed by atoms with Crippen LogP contribution in [0, 0.1) is 10.1 Å². The van der Waals surface area contributed by atoms with E-state index in [1.54, 1.807) is 12.1 Å². The Morgan fingerprint density at radius 1 is 1.05 bits per heavy atom. The number of nitrogens with zero attached hydrogens (tertiary/aromatic N) is 1. The number of aromatic hydroxyl groups is 1. The van der Waals surface area contributed by atoms with Crippen molar-refractivity contribution in [3.8, 4) is 5.75 Å². The second kappa shape index (κ2) is 0.721. The third-order valence-electron chi connectivity index (χ3n) is 16.3. The average molecular weight is 323 g/mol. The van der Waals surface area contributed by atoms with E-state index < -0.39 is 6.51 Å². The van der Waals surface area contributed by atoms with E-state index in [1.165, 1.54) is 39.8 Å². The van der Waals surface area contributed by atoms with E-state index in [-0.39, 0.29) is 10.6 Å². The number of nitro benzene ring substituents is 1. The molecule has 0 aromatic heterocycles. The van der Waals surface area contributed by atoms with Gasteiger partial charge in [-0.15, -0.1) is 0 Å². The van der Waals surface area contributed by atoms with Crippen molar-refractivity contribution in [1.82, 2.24) is 0 Å². The van der Waals surface area contributed by atoms with E-state index in [9.17, 15) is 15.2 Å². The summed E-state index contributed by atoms with van der Waals surface area (Å²) in [7, 11) is 0. The molecule has 4 nitrogen and oxygen atoms in total. The zero-order valence-corrected chi connectivity index (χ0v) is 12.1. The summed E-state index contributed by atoms with van der Waals surface area (Å²) in [5, 5.41) is 21.8. The Kier molecular flexibility index (Phi) is 0.274. The number of phenols is 1. The summed E-state index contributed by atoms with van der Waals surface area (Å²) < 4.78 is 0.398. The second-order valence-corrected chi connectivity index (χ2v) is 35.2. The molecule has 5 heteroatoms. The number of hydrogen-bond donors (Lipinski definition) is 1. The maximum absolute atomic E-state index is 11.2. The Balaban J connectivity index is 1.44. The molecule has 10 aliphatic heterocycles. The molecule has 10 heterocycles. The standard InChI is InChI=1S/C11H8NO3.C5H5.Fe/c13-11-6-5-9(12(14)15)7-10(11)8-3-1-2-4-8;1-2-4-5-3-1;/h1-7,13H;1-5H;. The van der Waals surface area contributed by atoms with Crippen molar-refractivity contribution in [3.05, 3.63) is 33.9 Å². The molecule has 0 saturated carbocycles. The molecule has 108 valence electrons. The minimum absolute atomic E-state index is 0.193. The molecular formula is C16H13FeNO3. The molecule has 1 spiro atoms. The van der Waals surface area contributed by atoms with E-state index in [4.69, 9.17) is 0 Å². The SMILES string of the molecule is O=[N+]([O-])c1ccc(O)c([C]23[CH]4[CH]5[CH]6[CH]2[Fe]56432789[CH]3[CH]2[CH]7[CH]8[CH]39)c1. The van der Waals surface area contributed by atoms with Crippen LogP contribution in [0.3, 0.4) is 0 Å². The molecule has 0 amide bonds.